The van der Waals surface area contributed by atoms with Crippen molar-refractivity contribution in [2.45, 2.75) is 26.6 Å². The first-order valence-electron chi connectivity index (χ1n) is 9.68. The number of nitrogens with zero attached hydrogens (tertiary/aromatic N) is 3. The molecule has 0 aliphatic rings. The third kappa shape index (κ3) is 4.48. The second-order valence-corrected chi connectivity index (χ2v) is 6.98. The number of aliphatic imine (C=N–C) groups is 1. The van der Waals surface area contributed by atoms with Crippen molar-refractivity contribution in [3.05, 3.63) is 89.7 Å². The van der Waals surface area contributed by atoms with Gasteiger partial charge in [-0.3, -0.25) is 4.99 Å². The monoisotopic (exact) mass is 387 g/mol. The Hall–Kier alpha value is -3.54. The van der Waals surface area contributed by atoms with E-state index in [2.05, 4.69) is 62.4 Å². The molecule has 6 nitrogen and oxygen atoms in total. The number of hydrogen-bond donors (Lipinski definition) is 2. The van der Waals surface area contributed by atoms with Gasteiger partial charge in [-0.05, 0) is 24.1 Å². The Morgan fingerprint density at radius 3 is 2.52 bits per heavy atom. The Bertz CT molecular complexity index is 1090. The van der Waals surface area contributed by atoms with Gasteiger partial charge in [0, 0.05) is 43.5 Å². The van der Waals surface area contributed by atoms with Crippen LogP contribution in [-0.4, -0.2) is 22.6 Å². The molecule has 0 spiro atoms. The number of aromatic nitrogens is 2. The molecule has 2 N–H and O–H groups in total. The maximum Gasteiger partial charge on any atom is 0.191 e. The molecule has 0 aliphatic heterocycles. The van der Waals surface area contributed by atoms with Gasteiger partial charge in [0.05, 0.1) is 12.9 Å². The fraction of sp³-hybridized carbons (Fsp3) is 0.217. The number of furan rings is 1. The average molecular weight is 387 g/mol. The molecule has 0 fully saturated rings. The molecule has 0 saturated carbocycles. The van der Waals surface area contributed by atoms with E-state index < -0.39 is 0 Å². The molecule has 0 saturated heterocycles. The lowest BCUT2D eigenvalue weighted by Gasteiger charge is -2.12. The first-order chi connectivity index (χ1) is 14.2. The molecule has 2 aromatic carbocycles. The van der Waals surface area contributed by atoms with Gasteiger partial charge in [-0.2, -0.15) is 0 Å². The van der Waals surface area contributed by atoms with Gasteiger partial charge >= 0.3 is 0 Å². The highest BCUT2D eigenvalue weighted by atomic mass is 16.3. The fourth-order valence-corrected chi connectivity index (χ4v) is 3.32. The van der Waals surface area contributed by atoms with E-state index in [1.165, 1.54) is 11.1 Å². The van der Waals surface area contributed by atoms with Crippen LogP contribution < -0.4 is 10.6 Å². The fourth-order valence-electron chi connectivity index (χ4n) is 3.32. The van der Waals surface area contributed by atoms with Crippen LogP contribution in [0, 0.1) is 6.92 Å². The second kappa shape index (κ2) is 8.65. The van der Waals surface area contributed by atoms with Crippen LogP contribution in [0.2, 0.25) is 0 Å². The van der Waals surface area contributed by atoms with E-state index in [4.69, 9.17) is 4.42 Å². The maximum atomic E-state index is 5.96. The van der Waals surface area contributed by atoms with Crippen molar-refractivity contribution in [1.29, 1.82) is 0 Å². The van der Waals surface area contributed by atoms with Gasteiger partial charge in [-0.1, -0.05) is 42.5 Å². The zero-order valence-electron chi connectivity index (χ0n) is 16.7. The van der Waals surface area contributed by atoms with Gasteiger partial charge in [0.25, 0.3) is 0 Å². The topological polar surface area (TPSA) is 67.4 Å². The number of guanidine groups is 1. The normalized spacial score (nSPS) is 11.7. The Kier molecular flexibility index (Phi) is 5.61. The summed E-state index contributed by atoms with van der Waals surface area (Å²) < 4.78 is 8.02. The van der Waals surface area contributed by atoms with Crippen LogP contribution in [-0.2, 0) is 19.6 Å². The molecule has 0 unspecified atom stereocenters. The van der Waals surface area contributed by atoms with Crippen LogP contribution in [0.3, 0.4) is 0 Å². The minimum absolute atomic E-state index is 0.587. The summed E-state index contributed by atoms with van der Waals surface area (Å²) in [6.45, 7) is 4.20. The molecule has 0 radical (unpaired) electrons. The Balaban J connectivity index is 1.31. The molecule has 0 amide bonds. The van der Waals surface area contributed by atoms with E-state index in [-0.39, 0.29) is 0 Å². The summed E-state index contributed by atoms with van der Waals surface area (Å²) in [6.07, 6.45) is 5.59. The number of para-hydroxylation sites is 1. The Morgan fingerprint density at radius 2 is 1.79 bits per heavy atom. The lowest BCUT2D eigenvalue weighted by molar-refractivity contribution is 0.534. The predicted octanol–water partition coefficient (Wildman–Crippen LogP) is 3.85. The van der Waals surface area contributed by atoms with Crippen LogP contribution >= 0.6 is 0 Å². The molecule has 29 heavy (non-hydrogen) atoms. The van der Waals surface area contributed by atoms with E-state index in [1.54, 1.807) is 13.2 Å². The largest absolute Gasteiger partial charge is 0.459 e. The first-order valence-corrected chi connectivity index (χ1v) is 9.68. The second-order valence-electron chi connectivity index (χ2n) is 6.98. The molecule has 2 aromatic heterocycles. The zero-order chi connectivity index (χ0) is 20.1. The molecule has 6 heteroatoms. The van der Waals surface area contributed by atoms with Crippen molar-refractivity contribution < 1.29 is 4.42 Å². The van der Waals surface area contributed by atoms with E-state index in [0.717, 1.165) is 34.8 Å². The first kappa shape index (κ1) is 18.8. The minimum Gasteiger partial charge on any atom is -0.459 e. The molecular formula is C23H25N5O. The van der Waals surface area contributed by atoms with Crippen molar-refractivity contribution in [3.8, 4) is 0 Å². The van der Waals surface area contributed by atoms with E-state index in [0.29, 0.717) is 13.1 Å². The summed E-state index contributed by atoms with van der Waals surface area (Å²) in [5, 5.41) is 7.85. The van der Waals surface area contributed by atoms with Gasteiger partial charge in [0.1, 0.15) is 11.3 Å². The predicted molar refractivity (Wildman–Crippen MR) is 116 cm³/mol. The molecule has 0 atom stereocenters. The number of fused-ring (bicyclic) bond motifs is 1. The van der Waals surface area contributed by atoms with Gasteiger partial charge < -0.3 is 19.6 Å². The third-order valence-electron chi connectivity index (χ3n) is 4.99. The van der Waals surface area contributed by atoms with Crippen LogP contribution in [0.1, 0.15) is 22.5 Å². The standard InChI is InChI=1S/C23H25N5O/c1-17-20-5-3-4-6-21(20)29-22(17)14-27-23(24-2)26-13-18-7-9-19(10-8-18)15-28-12-11-25-16-28/h3-12,16H,13-15H2,1-2H3,(H2,24,26,27). The summed E-state index contributed by atoms with van der Waals surface area (Å²) in [6, 6.07) is 16.7. The maximum absolute atomic E-state index is 5.96. The lowest BCUT2D eigenvalue weighted by atomic mass is 10.1. The number of rotatable bonds is 6. The highest BCUT2D eigenvalue weighted by molar-refractivity contribution is 5.82. The van der Waals surface area contributed by atoms with Crippen molar-refractivity contribution in [3.63, 3.8) is 0 Å². The lowest BCUT2D eigenvalue weighted by Crippen LogP contribution is -2.36. The van der Waals surface area contributed by atoms with Crippen molar-refractivity contribution in [1.82, 2.24) is 20.2 Å². The molecule has 0 aliphatic carbocycles. The molecular weight excluding hydrogens is 362 g/mol. The average Bonchev–Trinajstić information content (AvgIpc) is 3.37. The van der Waals surface area contributed by atoms with Gasteiger partial charge in [0.15, 0.2) is 5.96 Å². The Labute approximate surface area is 170 Å². The smallest absolute Gasteiger partial charge is 0.191 e. The zero-order valence-corrected chi connectivity index (χ0v) is 16.7. The number of hydrogen-bond acceptors (Lipinski definition) is 3. The number of nitrogens with one attached hydrogen (secondary N) is 2. The van der Waals surface area contributed by atoms with E-state index in [1.807, 2.05) is 30.7 Å². The molecule has 4 aromatic rings. The molecule has 0 bridgehead atoms. The Morgan fingerprint density at radius 1 is 1.03 bits per heavy atom. The number of aryl methyl sites for hydroxylation is 1. The third-order valence-corrected chi connectivity index (χ3v) is 4.99. The summed E-state index contributed by atoms with van der Waals surface area (Å²) in [7, 11) is 1.77. The molecule has 148 valence electrons. The summed E-state index contributed by atoms with van der Waals surface area (Å²) in [5.74, 6) is 1.67. The summed E-state index contributed by atoms with van der Waals surface area (Å²) in [5.41, 5.74) is 4.52. The van der Waals surface area contributed by atoms with Gasteiger partial charge in [0.2, 0.25) is 0 Å². The van der Waals surface area contributed by atoms with Gasteiger partial charge in [-0.15, -0.1) is 0 Å². The highest BCUT2D eigenvalue weighted by Crippen LogP contribution is 2.24. The summed E-state index contributed by atoms with van der Waals surface area (Å²) in [4.78, 5) is 8.39. The minimum atomic E-state index is 0.587. The highest BCUT2D eigenvalue weighted by Gasteiger charge is 2.10. The summed E-state index contributed by atoms with van der Waals surface area (Å²) >= 11 is 0. The van der Waals surface area contributed by atoms with Crippen LogP contribution in [0.4, 0.5) is 0 Å². The van der Waals surface area contributed by atoms with Crippen LogP contribution in [0.25, 0.3) is 11.0 Å². The van der Waals surface area contributed by atoms with Gasteiger partial charge in [-0.25, -0.2) is 4.98 Å². The van der Waals surface area contributed by atoms with Crippen molar-refractivity contribution >= 4 is 16.9 Å². The van der Waals surface area contributed by atoms with E-state index in [9.17, 15) is 0 Å². The molecule has 2 heterocycles. The van der Waals surface area contributed by atoms with Crippen LogP contribution in [0.15, 0.2) is 76.7 Å². The van der Waals surface area contributed by atoms with Crippen molar-refractivity contribution in [2.24, 2.45) is 4.99 Å². The quantitative estimate of drug-likeness (QED) is 0.390. The number of benzene rings is 2. The van der Waals surface area contributed by atoms with E-state index >= 15 is 0 Å². The SMILES string of the molecule is CN=C(NCc1ccc(Cn2ccnc2)cc1)NCc1oc2ccccc2c1C. The molecule has 4 rings (SSSR count). The van der Waals surface area contributed by atoms with Crippen molar-refractivity contribution in [2.75, 3.05) is 7.05 Å². The van der Waals surface area contributed by atoms with Crippen LogP contribution in [0.5, 0.6) is 0 Å². The number of imidazole rings is 1.